The van der Waals surface area contributed by atoms with Crippen molar-refractivity contribution in [3.05, 3.63) is 0 Å². The summed E-state index contributed by atoms with van der Waals surface area (Å²) in [6, 6.07) is 0. The van der Waals surface area contributed by atoms with Gasteiger partial charge in [0.1, 0.15) is 0 Å². The van der Waals surface area contributed by atoms with Gasteiger partial charge in [0.15, 0.2) is 0 Å². The van der Waals surface area contributed by atoms with Gasteiger partial charge < -0.3 is 9.47 Å². The van der Waals surface area contributed by atoms with Crippen LogP contribution in [0.3, 0.4) is 0 Å². The maximum atomic E-state index is 10.8. The molecular weight excluding hydrogens is 148 g/mol. The molecule has 0 aliphatic heterocycles. The molecule has 0 aromatic rings. The van der Waals surface area contributed by atoms with Crippen molar-refractivity contribution in [2.24, 2.45) is 5.92 Å². The molecule has 0 fully saturated rings. The van der Waals surface area contributed by atoms with E-state index in [2.05, 4.69) is 9.47 Å². The van der Waals surface area contributed by atoms with Gasteiger partial charge >= 0.3 is 5.97 Å². The lowest BCUT2D eigenvalue weighted by molar-refractivity contribution is -0.179. The number of carbonyl (C=O) groups excluding carboxylic acids is 2. The number of esters is 1. The van der Waals surface area contributed by atoms with E-state index in [-0.39, 0.29) is 18.4 Å². The smallest absolute Gasteiger partial charge is 0.311 e. The molecule has 0 bridgehead atoms. The van der Waals surface area contributed by atoms with Gasteiger partial charge in [0.25, 0.3) is 6.47 Å². The van der Waals surface area contributed by atoms with Crippen LogP contribution in [-0.2, 0) is 19.1 Å². The minimum atomic E-state index is -0.789. The lowest BCUT2D eigenvalue weighted by Crippen LogP contribution is -2.20. The van der Waals surface area contributed by atoms with Gasteiger partial charge in [0.05, 0.1) is 5.92 Å². The zero-order valence-electron chi connectivity index (χ0n) is 6.87. The summed E-state index contributed by atoms with van der Waals surface area (Å²) in [4.78, 5) is 20.6. The average Bonchev–Trinajstić information content (AvgIpc) is 1.87. The molecule has 0 aromatic carbocycles. The van der Waals surface area contributed by atoms with Crippen molar-refractivity contribution in [1.82, 2.24) is 0 Å². The van der Waals surface area contributed by atoms with Gasteiger partial charge in [-0.2, -0.15) is 0 Å². The molecule has 1 unspecified atom stereocenters. The highest BCUT2D eigenvalue weighted by Crippen LogP contribution is 2.00. The first kappa shape index (κ1) is 9.94. The van der Waals surface area contributed by atoms with E-state index in [9.17, 15) is 9.59 Å². The van der Waals surface area contributed by atoms with Crippen molar-refractivity contribution < 1.29 is 19.1 Å². The minimum absolute atomic E-state index is 0.201. The van der Waals surface area contributed by atoms with Crippen molar-refractivity contribution in [2.45, 2.75) is 27.1 Å². The Morgan fingerprint density at radius 3 is 2.27 bits per heavy atom. The Bertz CT molecular complexity index is 141. The molecule has 0 aliphatic rings. The van der Waals surface area contributed by atoms with E-state index >= 15 is 0 Å². The maximum Gasteiger partial charge on any atom is 0.311 e. The quantitative estimate of drug-likeness (QED) is 0.345. The van der Waals surface area contributed by atoms with E-state index in [1.165, 1.54) is 6.92 Å². The topological polar surface area (TPSA) is 52.6 Å². The van der Waals surface area contributed by atoms with Gasteiger partial charge in [-0.1, -0.05) is 13.8 Å². The molecule has 4 nitrogen and oxygen atoms in total. The maximum absolute atomic E-state index is 10.8. The molecule has 4 heteroatoms. The highest BCUT2D eigenvalue weighted by atomic mass is 16.7. The Morgan fingerprint density at radius 2 is 1.91 bits per heavy atom. The van der Waals surface area contributed by atoms with Crippen molar-refractivity contribution in [2.75, 3.05) is 0 Å². The third-order valence-electron chi connectivity index (χ3n) is 1.00. The summed E-state index contributed by atoms with van der Waals surface area (Å²) in [6.45, 7) is 5.14. The molecule has 0 spiro atoms. The summed E-state index contributed by atoms with van der Waals surface area (Å²) < 4.78 is 9.00. The Kier molecular flexibility index (Phi) is 4.26. The fraction of sp³-hybridized carbons (Fsp3) is 0.714. The number of hydrogen-bond donors (Lipinski definition) is 0. The SMILES string of the molecule is CC(OC=O)OC(=O)C(C)C. The fourth-order valence-electron chi connectivity index (χ4n) is 0.406. The summed E-state index contributed by atoms with van der Waals surface area (Å²) in [7, 11) is 0. The first-order valence-corrected chi connectivity index (χ1v) is 3.37. The Balaban J connectivity index is 3.65. The summed E-state index contributed by atoms with van der Waals surface area (Å²) in [5, 5.41) is 0. The first-order chi connectivity index (χ1) is 5.07. The Hall–Kier alpha value is -1.06. The van der Waals surface area contributed by atoms with Crippen LogP contribution in [0.2, 0.25) is 0 Å². The molecule has 0 aromatic heterocycles. The van der Waals surface area contributed by atoms with Gasteiger partial charge in [0, 0.05) is 6.92 Å². The molecule has 0 saturated heterocycles. The zero-order chi connectivity index (χ0) is 8.85. The normalized spacial score (nSPS) is 12.4. The van der Waals surface area contributed by atoms with Crippen molar-refractivity contribution in [3.8, 4) is 0 Å². The van der Waals surface area contributed by atoms with Crippen molar-refractivity contribution in [1.29, 1.82) is 0 Å². The van der Waals surface area contributed by atoms with Crippen LogP contribution < -0.4 is 0 Å². The Morgan fingerprint density at radius 1 is 1.36 bits per heavy atom. The third-order valence-corrected chi connectivity index (χ3v) is 1.00. The van der Waals surface area contributed by atoms with E-state index in [1.807, 2.05) is 0 Å². The summed E-state index contributed by atoms with van der Waals surface area (Å²) in [5.74, 6) is -0.577. The van der Waals surface area contributed by atoms with Crippen LogP contribution in [0.25, 0.3) is 0 Å². The predicted octanol–water partition coefficient (Wildman–Crippen LogP) is 0.705. The van der Waals surface area contributed by atoms with Gasteiger partial charge in [-0.25, -0.2) is 0 Å². The number of ether oxygens (including phenoxy) is 2. The van der Waals surface area contributed by atoms with E-state index in [0.717, 1.165) is 0 Å². The molecule has 0 heterocycles. The van der Waals surface area contributed by atoms with Gasteiger partial charge in [-0.15, -0.1) is 0 Å². The second-order valence-corrected chi connectivity index (χ2v) is 2.39. The van der Waals surface area contributed by atoms with Crippen LogP contribution >= 0.6 is 0 Å². The predicted molar refractivity (Wildman–Crippen MR) is 37.5 cm³/mol. The Labute approximate surface area is 65.5 Å². The monoisotopic (exact) mass is 160 g/mol. The van der Waals surface area contributed by atoms with Gasteiger partial charge in [0.2, 0.25) is 6.29 Å². The second kappa shape index (κ2) is 4.71. The van der Waals surface area contributed by atoms with Gasteiger partial charge in [-0.3, -0.25) is 9.59 Å². The molecule has 0 amide bonds. The summed E-state index contributed by atoms with van der Waals surface area (Å²) in [6.07, 6.45) is -0.789. The lowest BCUT2D eigenvalue weighted by atomic mass is 10.2. The average molecular weight is 160 g/mol. The molecular formula is C7H12O4. The molecule has 0 saturated carbocycles. The van der Waals surface area contributed by atoms with E-state index in [1.54, 1.807) is 13.8 Å². The largest absolute Gasteiger partial charge is 0.428 e. The molecule has 0 aliphatic carbocycles. The standard InChI is InChI=1S/C7H12O4/c1-5(2)7(9)11-6(3)10-4-8/h4-6H,1-3H3. The highest BCUT2D eigenvalue weighted by molar-refractivity contribution is 5.71. The number of hydrogen-bond acceptors (Lipinski definition) is 4. The van der Waals surface area contributed by atoms with E-state index < -0.39 is 6.29 Å². The molecule has 0 rings (SSSR count). The highest BCUT2D eigenvalue weighted by Gasteiger charge is 2.12. The summed E-state index contributed by atoms with van der Waals surface area (Å²) in [5.41, 5.74) is 0. The van der Waals surface area contributed by atoms with Crippen LogP contribution in [0, 0.1) is 5.92 Å². The first-order valence-electron chi connectivity index (χ1n) is 3.37. The number of carbonyl (C=O) groups is 2. The van der Waals surface area contributed by atoms with Gasteiger partial charge in [-0.05, 0) is 0 Å². The third kappa shape index (κ3) is 4.36. The van der Waals surface area contributed by atoms with E-state index in [4.69, 9.17) is 0 Å². The summed E-state index contributed by atoms with van der Waals surface area (Å²) >= 11 is 0. The molecule has 0 N–H and O–H groups in total. The molecule has 64 valence electrons. The second-order valence-electron chi connectivity index (χ2n) is 2.39. The van der Waals surface area contributed by atoms with Crippen LogP contribution in [0.5, 0.6) is 0 Å². The van der Waals surface area contributed by atoms with Crippen LogP contribution in [-0.4, -0.2) is 18.7 Å². The lowest BCUT2D eigenvalue weighted by Gasteiger charge is -2.11. The van der Waals surface area contributed by atoms with Crippen molar-refractivity contribution in [3.63, 3.8) is 0 Å². The van der Waals surface area contributed by atoms with Crippen LogP contribution in [0.15, 0.2) is 0 Å². The molecule has 1 atom stereocenters. The fourth-order valence-corrected chi connectivity index (χ4v) is 0.406. The van der Waals surface area contributed by atoms with Crippen LogP contribution in [0.4, 0.5) is 0 Å². The number of rotatable bonds is 4. The van der Waals surface area contributed by atoms with Crippen LogP contribution in [0.1, 0.15) is 20.8 Å². The minimum Gasteiger partial charge on any atom is -0.428 e. The van der Waals surface area contributed by atoms with E-state index in [0.29, 0.717) is 0 Å². The molecule has 11 heavy (non-hydrogen) atoms. The van der Waals surface area contributed by atoms with Crippen molar-refractivity contribution >= 4 is 12.4 Å². The zero-order valence-corrected chi connectivity index (χ0v) is 6.87. The molecule has 0 radical (unpaired) electrons.